The normalized spacial score (nSPS) is 10.3. The summed E-state index contributed by atoms with van der Waals surface area (Å²) < 4.78 is 18.8. The molecular formula is C14H10ClFO3. The van der Waals surface area contributed by atoms with Crippen LogP contribution in [0.4, 0.5) is 4.39 Å². The average molecular weight is 281 g/mol. The fourth-order valence-corrected chi connectivity index (χ4v) is 1.91. The quantitative estimate of drug-likeness (QED) is 0.929. The molecule has 0 aliphatic rings. The number of methoxy groups -OCH3 is 1. The van der Waals surface area contributed by atoms with E-state index in [2.05, 4.69) is 0 Å². The van der Waals surface area contributed by atoms with Crippen LogP contribution >= 0.6 is 11.6 Å². The van der Waals surface area contributed by atoms with Gasteiger partial charge in [-0.1, -0.05) is 17.7 Å². The molecule has 0 aliphatic heterocycles. The third-order valence-corrected chi connectivity index (χ3v) is 3.01. The van der Waals surface area contributed by atoms with Crippen LogP contribution in [0.25, 0.3) is 11.1 Å². The summed E-state index contributed by atoms with van der Waals surface area (Å²) in [6.45, 7) is 0. The number of rotatable bonds is 3. The first-order valence-corrected chi connectivity index (χ1v) is 5.77. The standard InChI is InChI=1S/C14H10ClFO3/c1-19-9-3-4-10(13(16)7-9)8-2-5-12(15)11(6-8)14(17)18/h2-7H,1H3,(H,17,18). The van der Waals surface area contributed by atoms with Gasteiger partial charge in [0.15, 0.2) is 0 Å². The van der Waals surface area contributed by atoms with Crippen molar-refractivity contribution >= 4 is 17.6 Å². The number of carboxylic acid groups (broad SMARTS) is 1. The number of hydrogen-bond acceptors (Lipinski definition) is 2. The second-order valence-corrected chi connectivity index (χ2v) is 4.25. The molecule has 0 saturated heterocycles. The van der Waals surface area contributed by atoms with Gasteiger partial charge in [0.05, 0.1) is 17.7 Å². The lowest BCUT2D eigenvalue weighted by Crippen LogP contribution is -1.98. The predicted molar refractivity (Wildman–Crippen MR) is 70.4 cm³/mol. The molecule has 5 heteroatoms. The molecule has 0 unspecified atom stereocenters. The third kappa shape index (κ3) is 2.69. The van der Waals surface area contributed by atoms with E-state index in [1.165, 1.54) is 31.4 Å². The molecule has 0 heterocycles. The largest absolute Gasteiger partial charge is 0.497 e. The summed E-state index contributed by atoms with van der Waals surface area (Å²) in [4.78, 5) is 11.0. The van der Waals surface area contributed by atoms with E-state index in [0.717, 1.165) is 0 Å². The lowest BCUT2D eigenvalue weighted by molar-refractivity contribution is 0.0697. The second kappa shape index (κ2) is 5.28. The average Bonchev–Trinajstić information content (AvgIpc) is 2.39. The van der Waals surface area contributed by atoms with Crippen LogP contribution in [0.5, 0.6) is 5.75 Å². The summed E-state index contributed by atoms with van der Waals surface area (Å²) in [7, 11) is 1.44. The van der Waals surface area contributed by atoms with Crippen LogP contribution < -0.4 is 4.74 Å². The van der Waals surface area contributed by atoms with E-state index in [1.54, 1.807) is 12.1 Å². The number of hydrogen-bond donors (Lipinski definition) is 1. The summed E-state index contributed by atoms with van der Waals surface area (Å²) in [6, 6.07) is 8.72. The highest BCUT2D eigenvalue weighted by molar-refractivity contribution is 6.33. The van der Waals surface area contributed by atoms with Gasteiger partial charge in [-0.25, -0.2) is 9.18 Å². The molecule has 2 aromatic rings. The van der Waals surface area contributed by atoms with Crippen molar-refractivity contribution in [3.63, 3.8) is 0 Å². The molecule has 98 valence electrons. The first-order valence-electron chi connectivity index (χ1n) is 5.39. The van der Waals surface area contributed by atoms with Gasteiger partial charge in [-0.05, 0) is 29.8 Å². The van der Waals surface area contributed by atoms with Crippen LogP contribution in [-0.4, -0.2) is 18.2 Å². The van der Waals surface area contributed by atoms with Gasteiger partial charge in [0.25, 0.3) is 0 Å². The Hall–Kier alpha value is -2.07. The summed E-state index contributed by atoms with van der Waals surface area (Å²) in [5.41, 5.74) is 0.677. The van der Waals surface area contributed by atoms with Crippen molar-refractivity contribution in [3.8, 4) is 16.9 Å². The smallest absolute Gasteiger partial charge is 0.337 e. The minimum absolute atomic E-state index is 0.0608. The zero-order valence-electron chi connectivity index (χ0n) is 9.98. The number of aromatic carboxylic acids is 1. The molecule has 0 aromatic heterocycles. The zero-order chi connectivity index (χ0) is 14.0. The molecule has 0 bridgehead atoms. The molecule has 0 aliphatic carbocycles. The summed E-state index contributed by atoms with van der Waals surface area (Å²) in [5, 5.41) is 9.11. The topological polar surface area (TPSA) is 46.5 Å². The first-order chi connectivity index (χ1) is 9.02. The zero-order valence-corrected chi connectivity index (χ0v) is 10.7. The second-order valence-electron chi connectivity index (χ2n) is 3.85. The Morgan fingerprint density at radius 2 is 2.00 bits per heavy atom. The van der Waals surface area contributed by atoms with Gasteiger partial charge < -0.3 is 9.84 Å². The Balaban J connectivity index is 2.53. The molecule has 0 fully saturated rings. The summed E-state index contributed by atoms with van der Waals surface area (Å²) in [5.74, 6) is -1.24. The van der Waals surface area contributed by atoms with Crippen molar-refractivity contribution < 1.29 is 19.0 Å². The Labute approximate surface area is 114 Å². The van der Waals surface area contributed by atoms with Crippen LogP contribution in [0.15, 0.2) is 36.4 Å². The van der Waals surface area contributed by atoms with Gasteiger partial charge in [-0.2, -0.15) is 0 Å². The van der Waals surface area contributed by atoms with Gasteiger partial charge >= 0.3 is 5.97 Å². The van der Waals surface area contributed by atoms with Gasteiger partial charge in [-0.3, -0.25) is 0 Å². The van der Waals surface area contributed by atoms with Crippen molar-refractivity contribution in [3.05, 3.63) is 52.8 Å². The van der Waals surface area contributed by atoms with Gasteiger partial charge in [0, 0.05) is 11.6 Å². The molecule has 1 N–H and O–H groups in total. The van der Waals surface area contributed by atoms with Crippen LogP contribution in [0.1, 0.15) is 10.4 Å². The van der Waals surface area contributed by atoms with E-state index in [4.69, 9.17) is 21.4 Å². The van der Waals surface area contributed by atoms with Gasteiger partial charge in [-0.15, -0.1) is 0 Å². The number of carboxylic acids is 1. The first kappa shape index (κ1) is 13.4. The molecule has 0 radical (unpaired) electrons. The molecule has 3 nitrogen and oxygen atoms in total. The lowest BCUT2D eigenvalue weighted by Gasteiger charge is -2.07. The molecule has 0 spiro atoms. The van der Waals surface area contributed by atoms with Crippen molar-refractivity contribution in [1.29, 1.82) is 0 Å². The maximum absolute atomic E-state index is 13.9. The maximum atomic E-state index is 13.9. The van der Waals surface area contributed by atoms with Crippen molar-refractivity contribution in [2.45, 2.75) is 0 Å². The van der Waals surface area contributed by atoms with Crippen LogP contribution in [0.3, 0.4) is 0 Å². The molecule has 19 heavy (non-hydrogen) atoms. The van der Waals surface area contributed by atoms with Gasteiger partial charge in [0.2, 0.25) is 0 Å². The van der Waals surface area contributed by atoms with Crippen molar-refractivity contribution in [2.75, 3.05) is 7.11 Å². The van der Waals surface area contributed by atoms with E-state index in [9.17, 15) is 9.18 Å². The highest BCUT2D eigenvalue weighted by Crippen LogP contribution is 2.29. The fraction of sp³-hybridized carbons (Fsp3) is 0.0714. The fourth-order valence-electron chi connectivity index (χ4n) is 1.71. The highest BCUT2D eigenvalue weighted by Gasteiger charge is 2.12. The maximum Gasteiger partial charge on any atom is 0.337 e. The van der Waals surface area contributed by atoms with Crippen LogP contribution in [0, 0.1) is 5.82 Å². The molecule has 0 saturated carbocycles. The molecule has 2 rings (SSSR count). The molecule has 2 aromatic carbocycles. The molecule has 0 amide bonds. The summed E-state index contributed by atoms with van der Waals surface area (Å²) in [6.07, 6.45) is 0. The molecular weight excluding hydrogens is 271 g/mol. The Bertz CT molecular complexity index is 641. The molecule has 0 atom stereocenters. The van der Waals surface area contributed by atoms with E-state index >= 15 is 0 Å². The third-order valence-electron chi connectivity index (χ3n) is 2.68. The van der Waals surface area contributed by atoms with Crippen LogP contribution in [0.2, 0.25) is 5.02 Å². The number of ether oxygens (including phenoxy) is 1. The van der Waals surface area contributed by atoms with E-state index in [-0.39, 0.29) is 10.6 Å². The van der Waals surface area contributed by atoms with Gasteiger partial charge in [0.1, 0.15) is 11.6 Å². The van der Waals surface area contributed by atoms with E-state index < -0.39 is 11.8 Å². The van der Waals surface area contributed by atoms with Crippen molar-refractivity contribution in [1.82, 2.24) is 0 Å². The predicted octanol–water partition coefficient (Wildman–Crippen LogP) is 3.85. The Kier molecular flexibility index (Phi) is 3.71. The monoisotopic (exact) mass is 280 g/mol. The number of benzene rings is 2. The minimum atomic E-state index is -1.15. The Morgan fingerprint density at radius 3 is 2.58 bits per heavy atom. The SMILES string of the molecule is COc1ccc(-c2ccc(Cl)c(C(=O)O)c2)c(F)c1. The van der Waals surface area contributed by atoms with Crippen LogP contribution in [-0.2, 0) is 0 Å². The van der Waals surface area contributed by atoms with E-state index in [1.807, 2.05) is 0 Å². The number of halogens is 2. The van der Waals surface area contributed by atoms with Crippen molar-refractivity contribution in [2.24, 2.45) is 0 Å². The van der Waals surface area contributed by atoms with E-state index in [0.29, 0.717) is 16.9 Å². The highest BCUT2D eigenvalue weighted by atomic mass is 35.5. The minimum Gasteiger partial charge on any atom is -0.497 e. The lowest BCUT2D eigenvalue weighted by atomic mass is 10.0. The Morgan fingerprint density at radius 1 is 1.26 bits per heavy atom. The summed E-state index contributed by atoms with van der Waals surface area (Å²) >= 11 is 5.77. The number of carbonyl (C=O) groups is 1.